The molecule has 6 nitrogen and oxygen atoms in total. The van der Waals surface area contributed by atoms with Crippen LogP contribution in [0.2, 0.25) is 0 Å². The molecule has 0 aliphatic carbocycles. The Kier molecular flexibility index (Phi) is 6.05. The fraction of sp³-hybridized carbons (Fsp3) is 0.346. The molecular formula is C26H29FN6. The standard InChI is InChI=1S/C26H29FN6/c1-3-23-19(2)28-26-29-24(17-21-10-7-11-22(27)16-21)30-33(26)25(23)32-14-12-31(13-15-32)18-20-8-5-4-6-9-20/h4-11,16H,3,12-15,17-18H2,1-2H3. The molecule has 3 heterocycles. The van der Waals surface area contributed by atoms with E-state index in [-0.39, 0.29) is 5.82 Å². The smallest absolute Gasteiger partial charge is 0.254 e. The number of hydrogen-bond acceptors (Lipinski definition) is 5. The van der Waals surface area contributed by atoms with E-state index in [1.54, 1.807) is 6.07 Å². The molecule has 0 atom stereocenters. The molecule has 2 aromatic heterocycles. The van der Waals surface area contributed by atoms with Crippen LogP contribution in [-0.2, 0) is 19.4 Å². The molecule has 1 fully saturated rings. The first-order valence-electron chi connectivity index (χ1n) is 11.6. The van der Waals surface area contributed by atoms with Crippen LogP contribution in [0, 0.1) is 12.7 Å². The maximum Gasteiger partial charge on any atom is 0.254 e. The van der Waals surface area contributed by atoms with Crippen LogP contribution in [0.5, 0.6) is 0 Å². The molecule has 1 aliphatic rings. The van der Waals surface area contributed by atoms with E-state index in [9.17, 15) is 4.39 Å². The van der Waals surface area contributed by atoms with Gasteiger partial charge in [-0.25, -0.2) is 9.37 Å². The van der Waals surface area contributed by atoms with E-state index in [0.717, 1.165) is 56.2 Å². The first kappa shape index (κ1) is 21.5. The molecule has 1 aliphatic heterocycles. The van der Waals surface area contributed by atoms with E-state index in [4.69, 9.17) is 10.1 Å². The molecule has 0 unspecified atom stereocenters. The molecule has 0 bridgehead atoms. The topological polar surface area (TPSA) is 49.6 Å². The van der Waals surface area contributed by atoms with Gasteiger partial charge in [-0.05, 0) is 36.6 Å². The molecule has 0 radical (unpaired) electrons. The van der Waals surface area contributed by atoms with Crippen molar-refractivity contribution in [2.24, 2.45) is 0 Å². The average molecular weight is 445 g/mol. The molecule has 33 heavy (non-hydrogen) atoms. The van der Waals surface area contributed by atoms with Gasteiger partial charge in [0.25, 0.3) is 5.78 Å². The number of aryl methyl sites for hydroxylation is 1. The maximum absolute atomic E-state index is 13.6. The number of fused-ring (bicyclic) bond motifs is 1. The average Bonchev–Trinajstić information content (AvgIpc) is 3.21. The van der Waals surface area contributed by atoms with E-state index in [1.165, 1.54) is 23.3 Å². The Morgan fingerprint density at radius 2 is 1.67 bits per heavy atom. The Bertz CT molecular complexity index is 1240. The van der Waals surface area contributed by atoms with E-state index < -0.39 is 0 Å². The van der Waals surface area contributed by atoms with E-state index in [2.05, 4.69) is 59.0 Å². The zero-order valence-electron chi connectivity index (χ0n) is 19.2. The molecule has 0 N–H and O–H groups in total. The van der Waals surface area contributed by atoms with Crippen LogP contribution in [0.3, 0.4) is 0 Å². The molecule has 4 aromatic rings. The van der Waals surface area contributed by atoms with Crippen molar-refractivity contribution in [3.05, 3.63) is 88.6 Å². The zero-order chi connectivity index (χ0) is 22.8. The highest BCUT2D eigenvalue weighted by Gasteiger charge is 2.24. The first-order chi connectivity index (χ1) is 16.1. The van der Waals surface area contributed by atoms with Crippen molar-refractivity contribution in [2.45, 2.75) is 33.2 Å². The number of benzene rings is 2. The van der Waals surface area contributed by atoms with Crippen molar-refractivity contribution in [3.8, 4) is 0 Å². The number of rotatable bonds is 6. The van der Waals surface area contributed by atoms with Gasteiger partial charge in [-0.1, -0.05) is 49.4 Å². The highest BCUT2D eigenvalue weighted by molar-refractivity contribution is 5.55. The van der Waals surface area contributed by atoms with Gasteiger partial charge in [0, 0.05) is 50.4 Å². The van der Waals surface area contributed by atoms with Crippen molar-refractivity contribution in [1.82, 2.24) is 24.5 Å². The van der Waals surface area contributed by atoms with Gasteiger partial charge >= 0.3 is 0 Å². The molecule has 1 saturated heterocycles. The first-order valence-corrected chi connectivity index (χ1v) is 11.6. The molecular weight excluding hydrogens is 415 g/mol. The molecule has 2 aromatic carbocycles. The van der Waals surface area contributed by atoms with Gasteiger partial charge in [0.15, 0.2) is 5.82 Å². The predicted octanol–water partition coefficient (Wildman–Crippen LogP) is 4.05. The summed E-state index contributed by atoms with van der Waals surface area (Å²) in [7, 11) is 0. The second-order valence-corrected chi connectivity index (χ2v) is 8.65. The SMILES string of the molecule is CCc1c(C)nc2nc(Cc3cccc(F)c3)nn2c1N1CCN(Cc2ccccc2)CC1. The van der Waals surface area contributed by atoms with Crippen LogP contribution >= 0.6 is 0 Å². The quantitative estimate of drug-likeness (QED) is 0.449. The van der Waals surface area contributed by atoms with Crippen LogP contribution in [0.4, 0.5) is 10.2 Å². The largest absolute Gasteiger partial charge is 0.354 e. The number of aromatic nitrogens is 4. The number of nitrogens with zero attached hydrogens (tertiary/aromatic N) is 6. The van der Waals surface area contributed by atoms with Gasteiger partial charge in [-0.15, -0.1) is 5.10 Å². The summed E-state index contributed by atoms with van der Waals surface area (Å²) in [6, 6.07) is 17.2. The van der Waals surface area contributed by atoms with Crippen molar-refractivity contribution < 1.29 is 4.39 Å². The number of halogens is 1. The fourth-order valence-electron chi connectivity index (χ4n) is 4.67. The predicted molar refractivity (Wildman–Crippen MR) is 128 cm³/mol. The molecule has 5 rings (SSSR count). The Morgan fingerprint density at radius 3 is 2.39 bits per heavy atom. The summed E-state index contributed by atoms with van der Waals surface area (Å²) in [5.41, 5.74) is 4.41. The van der Waals surface area contributed by atoms with E-state index in [1.807, 2.05) is 10.6 Å². The molecule has 0 spiro atoms. The third-order valence-electron chi connectivity index (χ3n) is 6.33. The number of anilines is 1. The van der Waals surface area contributed by atoms with Gasteiger partial charge in [-0.3, -0.25) is 4.90 Å². The second kappa shape index (κ2) is 9.27. The minimum Gasteiger partial charge on any atom is -0.354 e. The van der Waals surface area contributed by atoms with Gasteiger partial charge in [0.05, 0.1) is 0 Å². The van der Waals surface area contributed by atoms with Gasteiger partial charge in [0.2, 0.25) is 0 Å². The second-order valence-electron chi connectivity index (χ2n) is 8.65. The third-order valence-corrected chi connectivity index (χ3v) is 6.33. The summed E-state index contributed by atoms with van der Waals surface area (Å²) in [5.74, 6) is 2.12. The molecule has 0 amide bonds. The molecule has 7 heteroatoms. The number of piperazine rings is 1. The maximum atomic E-state index is 13.6. The minimum absolute atomic E-state index is 0.243. The lowest BCUT2D eigenvalue weighted by Crippen LogP contribution is -2.47. The number of hydrogen-bond donors (Lipinski definition) is 0. The van der Waals surface area contributed by atoms with Crippen LogP contribution in [-0.4, -0.2) is 50.7 Å². The molecule has 0 saturated carbocycles. The lowest BCUT2D eigenvalue weighted by Gasteiger charge is -2.37. The van der Waals surface area contributed by atoms with Gasteiger partial charge in [0.1, 0.15) is 11.6 Å². The highest BCUT2D eigenvalue weighted by Crippen LogP contribution is 2.26. The fourth-order valence-corrected chi connectivity index (χ4v) is 4.67. The van der Waals surface area contributed by atoms with Gasteiger partial charge < -0.3 is 4.90 Å². The van der Waals surface area contributed by atoms with Crippen molar-refractivity contribution >= 4 is 11.6 Å². The van der Waals surface area contributed by atoms with Crippen LogP contribution < -0.4 is 4.90 Å². The van der Waals surface area contributed by atoms with Crippen LogP contribution in [0.15, 0.2) is 54.6 Å². The summed E-state index contributed by atoms with van der Waals surface area (Å²) in [6.07, 6.45) is 1.36. The molecule has 170 valence electrons. The Hall–Kier alpha value is -3.32. The lowest BCUT2D eigenvalue weighted by molar-refractivity contribution is 0.249. The summed E-state index contributed by atoms with van der Waals surface area (Å²) in [6.45, 7) is 9.03. The van der Waals surface area contributed by atoms with Crippen molar-refractivity contribution in [1.29, 1.82) is 0 Å². The van der Waals surface area contributed by atoms with Crippen molar-refractivity contribution in [2.75, 3.05) is 31.1 Å². The van der Waals surface area contributed by atoms with Crippen molar-refractivity contribution in [3.63, 3.8) is 0 Å². The lowest BCUT2D eigenvalue weighted by atomic mass is 10.1. The minimum atomic E-state index is -0.243. The summed E-state index contributed by atoms with van der Waals surface area (Å²) in [4.78, 5) is 14.3. The third kappa shape index (κ3) is 4.59. The zero-order valence-corrected chi connectivity index (χ0v) is 19.2. The van der Waals surface area contributed by atoms with Crippen LogP contribution in [0.1, 0.15) is 35.1 Å². The normalized spacial score (nSPS) is 14.8. The van der Waals surface area contributed by atoms with E-state index >= 15 is 0 Å². The monoisotopic (exact) mass is 444 g/mol. The van der Waals surface area contributed by atoms with Gasteiger partial charge in [-0.2, -0.15) is 9.50 Å². The Labute approximate surface area is 193 Å². The van der Waals surface area contributed by atoms with Crippen LogP contribution in [0.25, 0.3) is 5.78 Å². The van der Waals surface area contributed by atoms with E-state index in [0.29, 0.717) is 18.0 Å². The summed E-state index contributed by atoms with van der Waals surface area (Å²) >= 11 is 0. The summed E-state index contributed by atoms with van der Waals surface area (Å²) in [5, 5.41) is 4.81. The highest BCUT2D eigenvalue weighted by atomic mass is 19.1. The summed E-state index contributed by atoms with van der Waals surface area (Å²) < 4.78 is 15.5. The Morgan fingerprint density at radius 1 is 0.909 bits per heavy atom. The Balaban J connectivity index is 1.41.